The van der Waals surface area contributed by atoms with Gasteiger partial charge in [0, 0.05) is 54.9 Å². The molecule has 0 aromatic carbocycles. The molecule has 28 heavy (non-hydrogen) atoms. The average molecular weight is 406 g/mol. The van der Waals surface area contributed by atoms with Crippen molar-refractivity contribution in [3.63, 3.8) is 0 Å². The second kappa shape index (κ2) is 8.89. The van der Waals surface area contributed by atoms with Crippen molar-refractivity contribution in [2.45, 2.75) is 51.2 Å². The number of hydrogen-bond donors (Lipinski definition) is 1. The standard InChI is InChI=1S/C18H27N7O2S/c1-4-25(3)18(27)11-5-6-12(22-23-19)14(9-11)20-16(26)17-21-13-7-8-24(2)10-15(13)28-17/h11-12,14H,4-10H2,1-3H3,(H,20,26)/t11-,12-,14+/m0/s1. The first-order valence-corrected chi connectivity index (χ1v) is 10.5. The van der Waals surface area contributed by atoms with Gasteiger partial charge in [-0.2, -0.15) is 0 Å². The Bertz CT molecular complexity index is 789. The second-order valence-corrected chi connectivity index (χ2v) is 8.67. The Morgan fingerprint density at radius 2 is 2.25 bits per heavy atom. The highest BCUT2D eigenvalue weighted by molar-refractivity contribution is 7.13. The summed E-state index contributed by atoms with van der Waals surface area (Å²) in [5.41, 5.74) is 9.88. The summed E-state index contributed by atoms with van der Waals surface area (Å²) in [7, 11) is 3.84. The number of aromatic nitrogens is 1. The fraction of sp³-hybridized carbons (Fsp3) is 0.722. The molecule has 10 heteroatoms. The van der Waals surface area contributed by atoms with Crippen LogP contribution in [0.3, 0.4) is 0 Å². The third-order valence-corrected chi connectivity index (χ3v) is 6.73. The number of carbonyl (C=O) groups excluding carboxylic acids is 2. The summed E-state index contributed by atoms with van der Waals surface area (Å²) in [5.74, 6) is -0.338. The lowest BCUT2D eigenvalue weighted by Crippen LogP contribution is -2.49. The SMILES string of the molecule is CCN(C)C(=O)[C@H]1CC[C@H](N=[N+]=[N-])[C@H](NC(=O)c2nc3c(s2)CN(C)CC3)C1. The van der Waals surface area contributed by atoms with Crippen LogP contribution in [0.15, 0.2) is 5.11 Å². The van der Waals surface area contributed by atoms with Gasteiger partial charge in [0.05, 0.1) is 11.7 Å². The zero-order valence-corrected chi connectivity index (χ0v) is 17.4. The minimum absolute atomic E-state index is 0.0777. The summed E-state index contributed by atoms with van der Waals surface area (Å²) in [5, 5.41) is 7.30. The molecule has 1 aliphatic carbocycles. The second-order valence-electron chi connectivity index (χ2n) is 7.59. The van der Waals surface area contributed by atoms with Gasteiger partial charge in [-0.3, -0.25) is 9.59 Å². The Balaban J connectivity index is 1.72. The Kier molecular flexibility index (Phi) is 6.53. The van der Waals surface area contributed by atoms with E-state index in [1.165, 1.54) is 11.3 Å². The van der Waals surface area contributed by atoms with Crippen LogP contribution in [0.2, 0.25) is 0 Å². The fourth-order valence-electron chi connectivity index (χ4n) is 3.86. The minimum Gasteiger partial charge on any atom is -0.347 e. The van der Waals surface area contributed by atoms with Crippen LogP contribution in [0.4, 0.5) is 0 Å². The lowest BCUT2D eigenvalue weighted by Gasteiger charge is -2.35. The number of fused-ring (bicyclic) bond motifs is 1. The predicted molar refractivity (Wildman–Crippen MR) is 107 cm³/mol. The summed E-state index contributed by atoms with van der Waals surface area (Å²) >= 11 is 1.42. The van der Waals surface area contributed by atoms with Crippen LogP contribution in [0.5, 0.6) is 0 Å². The van der Waals surface area contributed by atoms with Crippen molar-refractivity contribution < 1.29 is 9.59 Å². The molecule has 152 valence electrons. The molecule has 1 N–H and O–H groups in total. The van der Waals surface area contributed by atoms with Crippen molar-refractivity contribution in [2.75, 3.05) is 27.2 Å². The zero-order chi connectivity index (χ0) is 20.3. The number of hydrogen-bond acceptors (Lipinski definition) is 6. The summed E-state index contributed by atoms with van der Waals surface area (Å²) in [4.78, 5) is 37.9. The van der Waals surface area contributed by atoms with Gasteiger partial charge in [0.1, 0.15) is 0 Å². The van der Waals surface area contributed by atoms with E-state index in [9.17, 15) is 9.59 Å². The zero-order valence-electron chi connectivity index (χ0n) is 16.6. The number of carbonyl (C=O) groups is 2. The average Bonchev–Trinajstić information content (AvgIpc) is 3.11. The molecular formula is C18H27N7O2S. The molecule has 3 rings (SSSR count). The minimum atomic E-state index is -0.361. The molecule has 0 spiro atoms. The van der Waals surface area contributed by atoms with E-state index in [-0.39, 0.29) is 29.8 Å². The van der Waals surface area contributed by atoms with Gasteiger partial charge in [-0.05, 0) is 38.8 Å². The van der Waals surface area contributed by atoms with Crippen LogP contribution in [0, 0.1) is 5.92 Å². The topological polar surface area (TPSA) is 114 Å². The van der Waals surface area contributed by atoms with Crippen LogP contribution in [-0.4, -0.2) is 65.9 Å². The summed E-state index contributed by atoms with van der Waals surface area (Å²) in [6.45, 7) is 4.33. The summed E-state index contributed by atoms with van der Waals surface area (Å²) in [6.07, 6.45) is 2.58. The maximum absolute atomic E-state index is 12.8. The Morgan fingerprint density at radius 3 is 2.96 bits per heavy atom. The molecule has 1 aliphatic heterocycles. The van der Waals surface area contributed by atoms with Crippen LogP contribution in [-0.2, 0) is 17.8 Å². The third kappa shape index (κ3) is 4.45. The van der Waals surface area contributed by atoms with Gasteiger partial charge in [0.15, 0.2) is 5.01 Å². The van der Waals surface area contributed by atoms with Gasteiger partial charge >= 0.3 is 0 Å². The highest BCUT2D eigenvalue weighted by Gasteiger charge is 2.36. The highest BCUT2D eigenvalue weighted by Crippen LogP contribution is 2.29. The molecule has 0 unspecified atom stereocenters. The van der Waals surface area contributed by atoms with Gasteiger partial charge in [-0.25, -0.2) is 4.98 Å². The molecule has 2 amide bonds. The monoisotopic (exact) mass is 405 g/mol. The maximum atomic E-state index is 12.8. The third-order valence-electron chi connectivity index (χ3n) is 5.65. The van der Waals surface area contributed by atoms with Gasteiger partial charge in [0.2, 0.25) is 5.91 Å². The number of likely N-dealkylation sites (N-methyl/N-ethyl adjacent to an activating group) is 1. The van der Waals surface area contributed by atoms with Gasteiger partial charge in [-0.1, -0.05) is 5.11 Å². The van der Waals surface area contributed by atoms with Crippen LogP contribution in [0.25, 0.3) is 10.4 Å². The Labute approximate surface area is 168 Å². The van der Waals surface area contributed by atoms with E-state index in [4.69, 9.17) is 5.53 Å². The van der Waals surface area contributed by atoms with Crippen molar-refractivity contribution in [1.82, 2.24) is 20.1 Å². The van der Waals surface area contributed by atoms with Gasteiger partial charge in [-0.15, -0.1) is 11.3 Å². The van der Waals surface area contributed by atoms with E-state index in [0.29, 0.717) is 30.8 Å². The summed E-state index contributed by atoms with van der Waals surface area (Å²) < 4.78 is 0. The first kappa shape index (κ1) is 20.6. The first-order chi connectivity index (χ1) is 13.4. The highest BCUT2D eigenvalue weighted by atomic mass is 32.1. The number of amides is 2. The van der Waals surface area contributed by atoms with E-state index in [1.54, 1.807) is 11.9 Å². The molecule has 2 heterocycles. The quantitative estimate of drug-likeness (QED) is 0.459. The largest absolute Gasteiger partial charge is 0.347 e. The first-order valence-electron chi connectivity index (χ1n) is 9.70. The van der Waals surface area contributed by atoms with Crippen molar-refractivity contribution >= 4 is 23.2 Å². The molecule has 0 radical (unpaired) electrons. The van der Waals surface area contributed by atoms with Gasteiger partial charge in [0.25, 0.3) is 5.91 Å². The number of nitrogens with one attached hydrogen (secondary N) is 1. The maximum Gasteiger partial charge on any atom is 0.280 e. The van der Waals surface area contributed by atoms with Crippen molar-refractivity contribution in [2.24, 2.45) is 11.0 Å². The molecule has 3 atom stereocenters. The van der Waals surface area contributed by atoms with Gasteiger partial charge < -0.3 is 15.1 Å². The van der Waals surface area contributed by atoms with Crippen molar-refractivity contribution in [1.29, 1.82) is 0 Å². The fourth-order valence-corrected chi connectivity index (χ4v) is 4.95. The number of nitrogens with zero attached hydrogens (tertiary/aromatic N) is 6. The Morgan fingerprint density at radius 1 is 1.46 bits per heavy atom. The molecule has 0 bridgehead atoms. The molecule has 1 aromatic rings. The number of thiazole rings is 1. The molecule has 1 saturated carbocycles. The molecular weight excluding hydrogens is 378 g/mol. The van der Waals surface area contributed by atoms with E-state index >= 15 is 0 Å². The molecule has 2 aliphatic rings. The van der Waals surface area contributed by atoms with Crippen LogP contribution in [0.1, 0.15) is 46.6 Å². The van der Waals surface area contributed by atoms with E-state index in [1.807, 2.05) is 6.92 Å². The van der Waals surface area contributed by atoms with E-state index in [0.717, 1.165) is 30.1 Å². The van der Waals surface area contributed by atoms with E-state index < -0.39 is 0 Å². The van der Waals surface area contributed by atoms with Crippen LogP contribution < -0.4 is 5.32 Å². The Hall–Kier alpha value is -2.16. The molecule has 1 fully saturated rings. The lowest BCUT2D eigenvalue weighted by molar-refractivity contribution is -0.135. The van der Waals surface area contributed by atoms with Crippen molar-refractivity contribution in [3.8, 4) is 0 Å². The smallest absolute Gasteiger partial charge is 0.280 e. The van der Waals surface area contributed by atoms with E-state index in [2.05, 4.69) is 32.3 Å². The molecule has 9 nitrogen and oxygen atoms in total. The number of rotatable bonds is 5. The predicted octanol–water partition coefficient (Wildman–Crippen LogP) is 2.19. The normalized spacial score (nSPS) is 24.8. The number of azide groups is 1. The summed E-state index contributed by atoms with van der Waals surface area (Å²) in [6, 6.07) is -0.703. The molecule has 1 aromatic heterocycles. The molecule has 0 saturated heterocycles. The van der Waals surface area contributed by atoms with Crippen molar-refractivity contribution in [3.05, 3.63) is 26.0 Å². The van der Waals surface area contributed by atoms with Crippen LogP contribution >= 0.6 is 11.3 Å². The lowest BCUT2D eigenvalue weighted by atomic mass is 9.81.